The number of carbonyl (C=O) groups is 1. The van der Waals surface area contributed by atoms with Crippen molar-refractivity contribution in [3.63, 3.8) is 0 Å². The Hall–Kier alpha value is -2.07. The molecule has 0 unspecified atom stereocenters. The molecule has 0 fully saturated rings. The molecule has 0 N–H and O–H groups in total. The fraction of sp³-hybridized carbons (Fsp3) is 0.480. The summed E-state index contributed by atoms with van der Waals surface area (Å²) >= 11 is 0. The minimum atomic E-state index is -2.27. The minimum Gasteiger partial charge on any atom is -0.503 e. The second-order valence-electron chi connectivity index (χ2n) is 8.83. The van der Waals surface area contributed by atoms with E-state index in [1.165, 1.54) is 5.56 Å². The molecule has 0 aliphatic heterocycles. The van der Waals surface area contributed by atoms with E-state index in [1.54, 1.807) is 0 Å². The molecule has 0 saturated carbocycles. The predicted molar refractivity (Wildman–Crippen MR) is 125 cm³/mol. The van der Waals surface area contributed by atoms with Gasteiger partial charge in [-0.15, -0.1) is 0 Å². The van der Waals surface area contributed by atoms with Crippen molar-refractivity contribution in [2.75, 3.05) is 6.54 Å². The van der Waals surface area contributed by atoms with Crippen LogP contribution in [0.1, 0.15) is 52.7 Å². The molecule has 2 aromatic rings. The van der Waals surface area contributed by atoms with Crippen LogP contribution in [0.2, 0.25) is 16.6 Å². The highest BCUT2D eigenvalue weighted by molar-refractivity contribution is 6.78. The van der Waals surface area contributed by atoms with Gasteiger partial charge in [-0.3, -0.25) is 0 Å². The van der Waals surface area contributed by atoms with E-state index >= 15 is 0 Å². The number of hydrogen-bond acceptors (Lipinski definition) is 2. The van der Waals surface area contributed by atoms with Crippen molar-refractivity contribution in [2.24, 2.45) is 0 Å². The lowest BCUT2D eigenvalue weighted by Gasteiger charge is -2.42. The third-order valence-electron chi connectivity index (χ3n) is 5.96. The van der Waals surface area contributed by atoms with E-state index in [1.807, 2.05) is 41.3 Å². The maximum atomic E-state index is 13.4. The Kier molecular flexibility index (Phi) is 8.51. The van der Waals surface area contributed by atoms with E-state index < -0.39 is 8.32 Å². The van der Waals surface area contributed by atoms with Gasteiger partial charge in [0.25, 0.3) is 8.32 Å². The van der Waals surface area contributed by atoms with E-state index in [4.69, 9.17) is 4.43 Å². The summed E-state index contributed by atoms with van der Waals surface area (Å²) < 4.78 is 6.47. The summed E-state index contributed by atoms with van der Waals surface area (Å²) in [6.45, 7) is 14.5. The third-order valence-corrected chi connectivity index (χ3v) is 11.9. The number of benzene rings is 2. The Bertz CT molecular complexity index is 722. The van der Waals surface area contributed by atoms with E-state index in [9.17, 15) is 4.79 Å². The summed E-state index contributed by atoms with van der Waals surface area (Å²) in [5.74, 6) is 0. The summed E-state index contributed by atoms with van der Waals surface area (Å²) in [6.07, 6.45) is 0.662. The van der Waals surface area contributed by atoms with Gasteiger partial charge >= 0.3 is 6.09 Å². The fourth-order valence-corrected chi connectivity index (χ4v) is 9.66. The number of rotatable bonds is 9. The van der Waals surface area contributed by atoms with Crippen LogP contribution < -0.4 is 0 Å². The van der Waals surface area contributed by atoms with Crippen LogP contribution >= 0.6 is 0 Å². The zero-order valence-electron chi connectivity index (χ0n) is 18.9. The van der Waals surface area contributed by atoms with E-state index in [-0.39, 0.29) is 6.09 Å². The molecule has 0 heterocycles. The van der Waals surface area contributed by atoms with Gasteiger partial charge in [0.15, 0.2) is 0 Å². The highest BCUT2D eigenvalue weighted by Crippen LogP contribution is 2.42. The minimum absolute atomic E-state index is 0.160. The van der Waals surface area contributed by atoms with Crippen LogP contribution in [0, 0.1) is 0 Å². The standard InChI is InChI=1S/C25H37NO2Si/c1-20(2)29(21(3)4,22(5)6)28-25(27)26(19-24-15-11-8-12-16-24)18-17-23-13-9-7-10-14-23/h7-16,20-22H,17-19H2,1-6H3. The summed E-state index contributed by atoms with van der Waals surface area (Å²) in [5, 5.41) is 0. The third kappa shape index (κ3) is 5.95. The molecule has 2 aromatic carbocycles. The molecule has 0 aliphatic carbocycles. The Morgan fingerprint density at radius 2 is 1.24 bits per heavy atom. The average molecular weight is 412 g/mol. The second-order valence-corrected chi connectivity index (χ2v) is 14.2. The highest BCUT2D eigenvalue weighted by atomic mass is 28.4. The normalized spacial score (nSPS) is 11.9. The Balaban J connectivity index is 2.24. The lowest BCUT2D eigenvalue weighted by Crippen LogP contribution is -2.52. The maximum absolute atomic E-state index is 13.4. The Morgan fingerprint density at radius 3 is 1.69 bits per heavy atom. The van der Waals surface area contributed by atoms with Gasteiger partial charge in [0, 0.05) is 13.1 Å². The first-order chi connectivity index (χ1) is 13.8. The fourth-order valence-electron chi connectivity index (χ4n) is 4.52. The Labute approximate surface area is 178 Å². The van der Waals surface area contributed by atoms with Gasteiger partial charge in [-0.1, -0.05) is 102 Å². The van der Waals surface area contributed by atoms with Crippen molar-refractivity contribution in [3.05, 3.63) is 71.8 Å². The molecular weight excluding hydrogens is 374 g/mol. The van der Waals surface area contributed by atoms with E-state index in [0.717, 1.165) is 12.0 Å². The molecule has 158 valence electrons. The van der Waals surface area contributed by atoms with Crippen LogP contribution in [-0.4, -0.2) is 25.9 Å². The second kappa shape index (κ2) is 10.6. The van der Waals surface area contributed by atoms with Crippen LogP contribution in [-0.2, 0) is 17.4 Å². The predicted octanol–water partition coefficient (Wildman–Crippen LogP) is 7.04. The number of hydrogen-bond donors (Lipinski definition) is 0. The molecule has 0 saturated heterocycles. The molecule has 1 amide bonds. The first kappa shape index (κ1) is 23.2. The first-order valence-electron chi connectivity index (χ1n) is 10.8. The van der Waals surface area contributed by atoms with E-state index in [0.29, 0.717) is 29.7 Å². The van der Waals surface area contributed by atoms with Gasteiger partial charge in [0.05, 0.1) is 0 Å². The SMILES string of the molecule is CC(C)[Si](OC(=O)N(CCc1ccccc1)Cc1ccccc1)(C(C)C)C(C)C. The quantitative estimate of drug-likeness (QED) is 0.414. The molecule has 4 heteroatoms. The van der Waals surface area contributed by atoms with Gasteiger partial charge in [0.2, 0.25) is 0 Å². The van der Waals surface area contributed by atoms with Crippen molar-refractivity contribution in [3.8, 4) is 0 Å². The lowest BCUT2D eigenvalue weighted by atomic mass is 10.1. The number of carbonyl (C=O) groups excluding carboxylic acids is 1. The first-order valence-corrected chi connectivity index (χ1v) is 13.0. The van der Waals surface area contributed by atoms with Crippen molar-refractivity contribution in [1.82, 2.24) is 4.90 Å². The van der Waals surface area contributed by atoms with Gasteiger partial charge < -0.3 is 9.33 Å². The van der Waals surface area contributed by atoms with Crippen LogP contribution in [0.3, 0.4) is 0 Å². The van der Waals surface area contributed by atoms with E-state index in [2.05, 4.69) is 65.8 Å². The van der Waals surface area contributed by atoms with Crippen molar-refractivity contribution in [2.45, 2.75) is 71.1 Å². The smallest absolute Gasteiger partial charge is 0.396 e. The zero-order valence-corrected chi connectivity index (χ0v) is 19.9. The molecule has 3 nitrogen and oxygen atoms in total. The molecule has 29 heavy (non-hydrogen) atoms. The summed E-state index contributed by atoms with van der Waals surface area (Å²) in [7, 11) is -2.27. The molecule has 0 bridgehead atoms. The van der Waals surface area contributed by atoms with Crippen LogP contribution in [0.5, 0.6) is 0 Å². The average Bonchev–Trinajstić information content (AvgIpc) is 2.69. The van der Waals surface area contributed by atoms with Gasteiger partial charge in [-0.05, 0) is 34.2 Å². The molecule has 0 radical (unpaired) electrons. The van der Waals surface area contributed by atoms with Crippen LogP contribution in [0.4, 0.5) is 4.79 Å². The number of amides is 1. The topological polar surface area (TPSA) is 29.5 Å². The van der Waals surface area contributed by atoms with Crippen LogP contribution in [0.25, 0.3) is 0 Å². The van der Waals surface area contributed by atoms with Gasteiger partial charge in [-0.25, -0.2) is 4.79 Å². The lowest BCUT2D eigenvalue weighted by molar-refractivity contribution is 0.143. The summed E-state index contributed by atoms with van der Waals surface area (Å²) in [5.41, 5.74) is 3.49. The monoisotopic (exact) mass is 411 g/mol. The van der Waals surface area contributed by atoms with Crippen molar-refractivity contribution >= 4 is 14.4 Å². The van der Waals surface area contributed by atoms with Gasteiger partial charge in [0.1, 0.15) is 0 Å². The molecule has 0 aliphatic rings. The molecular formula is C25H37NO2Si. The summed E-state index contributed by atoms with van der Waals surface area (Å²) in [6, 6.07) is 20.5. The molecule has 0 aromatic heterocycles. The molecule has 0 spiro atoms. The summed E-state index contributed by atoms with van der Waals surface area (Å²) in [4.78, 5) is 15.3. The van der Waals surface area contributed by atoms with Crippen molar-refractivity contribution < 1.29 is 9.22 Å². The maximum Gasteiger partial charge on any atom is 0.396 e. The van der Waals surface area contributed by atoms with Gasteiger partial charge in [-0.2, -0.15) is 0 Å². The number of nitrogens with zero attached hydrogens (tertiary/aromatic N) is 1. The highest BCUT2D eigenvalue weighted by Gasteiger charge is 2.48. The molecule has 2 rings (SSSR count). The zero-order chi connectivity index (χ0) is 21.4. The van der Waals surface area contributed by atoms with Crippen LogP contribution in [0.15, 0.2) is 60.7 Å². The largest absolute Gasteiger partial charge is 0.503 e. The molecule has 0 atom stereocenters. The van der Waals surface area contributed by atoms with Crippen molar-refractivity contribution in [1.29, 1.82) is 0 Å². The Morgan fingerprint density at radius 1 is 0.793 bits per heavy atom.